The molecule has 0 radical (unpaired) electrons. The van der Waals surface area contributed by atoms with E-state index in [0.717, 1.165) is 18.8 Å². The Labute approximate surface area is 118 Å². The highest BCUT2D eigenvalue weighted by Crippen LogP contribution is 2.25. The minimum absolute atomic E-state index is 0.0575. The molecule has 1 atom stereocenters. The fourth-order valence-electron chi connectivity index (χ4n) is 3.19. The number of nitrogens with zero attached hydrogens (tertiary/aromatic N) is 4. The lowest BCUT2D eigenvalue weighted by Crippen LogP contribution is -2.35. The highest BCUT2D eigenvalue weighted by Gasteiger charge is 2.29. The summed E-state index contributed by atoms with van der Waals surface area (Å²) < 4.78 is 0. The van der Waals surface area contributed by atoms with Gasteiger partial charge in [-0.15, -0.1) is 0 Å². The number of hydrogen-bond donors (Lipinski definition) is 2. The van der Waals surface area contributed by atoms with E-state index < -0.39 is 0 Å². The first-order valence-electron chi connectivity index (χ1n) is 7.21. The minimum atomic E-state index is 0.0575. The molecule has 0 aliphatic carbocycles. The standard InChI is InChI=1S/C14H21N5O/c15-14(17-20)13-9-11(3-5-16-13)19-8-4-12(10-19)18-6-1-2-7-18/h3,5,9,12,20H,1-2,4,6-8,10H2,(H2,15,17). The van der Waals surface area contributed by atoms with E-state index in [9.17, 15) is 0 Å². The van der Waals surface area contributed by atoms with Gasteiger partial charge < -0.3 is 15.8 Å². The van der Waals surface area contributed by atoms with Gasteiger partial charge in [0, 0.05) is 31.0 Å². The molecule has 0 aromatic carbocycles. The molecule has 1 aromatic rings. The molecule has 0 saturated carbocycles. The van der Waals surface area contributed by atoms with Crippen molar-refractivity contribution in [1.82, 2.24) is 9.88 Å². The van der Waals surface area contributed by atoms with E-state index in [1.165, 1.54) is 32.4 Å². The smallest absolute Gasteiger partial charge is 0.188 e. The lowest BCUT2D eigenvalue weighted by Gasteiger charge is -2.24. The van der Waals surface area contributed by atoms with Crippen LogP contribution in [0.25, 0.3) is 0 Å². The van der Waals surface area contributed by atoms with Gasteiger partial charge in [-0.1, -0.05) is 5.16 Å². The quantitative estimate of drug-likeness (QED) is 0.370. The number of aromatic nitrogens is 1. The summed E-state index contributed by atoms with van der Waals surface area (Å²) in [7, 11) is 0. The second kappa shape index (κ2) is 5.66. The van der Waals surface area contributed by atoms with Gasteiger partial charge >= 0.3 is 0 Å². The van der Waals surface area contributed by atoms with E-state index in [1.807, 2.05) is 12.1 Å². The Kier molecular flexibility index (Phi) is 3.73. The lowest BCUT2D eigenvalue weighted by atomic mass is 10.2. The molecule has 0 amide bonds. The van der Waals surface area contributed by atoms with Crippen LogP contribution in [0, 0.1) is 0 Å². The van der Waals surface area contributed by atoms with Crippen LogP contribution >= 0.6 is 0 Å². The van der Waals surface area contributed by atoms with Crippen LogP contribution in [0.1, 0.15) is 25.0 Å². The molecule has 2 fully saturated rings. The normalized spacial score (nSPS) is 24.5. The Morgan fingerprint density at radius 3 is 2.90 bits per heavy atom. The summed E-state index contributed by atoms with van der Waals surface area (Å²) in [6.07, 6.45) is 5.59. The van der Waals surface area contributed by atoms with E-state index in [1.54, 1.807) is 6.20 Å². The fraction of sp³-hybridized carbons (Fsp3) is 0.571. The minimum Gasteiger partial charge on any atom is -0.409 e. The van der Waals surface area contributed by atoms with Crippen LogP contribution in [-0.4, -0.2) is 53.1 Å². The largest absolute Gasteiger partial charge is 0.409 e. The number of oxime groups is 1. The zero-order valence-corrected chi connectivity index (χ0v) is 11.6. The molecule has 0 bridgehead atoms. The fourth-order valence-corrected chi connectivity index (χ4v) is 3.19. The van der Waals surface area contributed by atoms with Crippen molar-refractivity contribution in [2.75, 3.05) is 31.1 Å². The highest BCUT2D eigenvalue weighted by atomic mass is 16.4. The van der Waals surface area contributed by atoms with Crippen LogP contribution in [0.15, 0.2) is 23.5 Å². The van der Waals surface area contributed by atoms with Gasteiger partial charge in [0.15, 0.2) is 5.84 Å². The maximum absolute atomic E-state index is 8.73. The lowest BCUT2D eigenvalue weighted by molar-refractivity contribution is 0.260. The van der Waals surface area contributed by atoms with E-state index >= 15 is 0 Å². The molecule has 20 heavy (non-hydrogen) atoms. The summed E-state index contributed by atoms with van der Waals surface area (Å²) in [5.74, 6) is 0.0575. The molecule has 3 rings (SSSR count). The molecule has 2 aliphatic heterocycles. The average Bonchev–Trinajstić information content (AvgIpc) is 3.17. The molecule has 1 aromatic heterocycles. The van der Waals surface area contributed by atoms with Crippen LogP contribution < -0.4 is 10.6 Å². The van der Waals surface area contributed by atoms with Crippen LogP contribution in [0.3, 0.4) is 0 Å². The van der Waals surface area contributed by atoms with Gasteiger partial charge in [0.2, 0.25) is 0 Å². The van der Waals surface area contributed by atoms with E-state index in [2.05, 4.69) is 19.9 Å². The maximum atomic E-state index is 8.73. The number of rotatable bonds is 3. The van der Waals surface area contributed by atoms with Gasteiger partial charge in [-0.05, 0) is 44.5 Å². The van der Waals surface area contributed by atoms with Crippen LogP contribution in [0.4, 0.5) is 5.69 Å². The van der Waals surface area contributed by atoms with Crippen molar-refractivity contribution in [2.45, 2.75) is 25.3 Å². The van der Waals surface area contributed by atoms with Gasteiger partial charge in [0.1, 0.15) is 5.69 Å². The van der Waals surface area contributed by atoms with E-state index in [-0.39, 0.29) is 5.84 Å². The molecule has 3 N–H and O–H groups in total. The molecule has 6 heteroatoms. The second-order valence-corrected chi connectivity index (χ2v) is 5.52. The predicted molar refractivity (Wildman–Crippen MR) is 78.2 cm³/mol. The molecular formula is C14H21N5O. The average molecular weight is 275 g/mol. The highest BCUT2D eigenvalue weighted by molar-refractivity contribution is 5.95. The van der Waals surface area contributed by atoms with E-state index in [4.69, 9.17) is 10.9 Å². The first-order valence-corrected chi connectivity index (χ1v) is 7.21. The Morgan fingerprint density at radius 2 is 2.15 bits per heavy atom. The molecule has 3 heterocycles. The molecule has 2 aliphatic rings. The van der Waals surface area contributed by atoms with Crippen molar-refractivity contribution in [3.8, 4) is 0 Å². The Bertz CT molecular complexity index is 498. The summed E-state index contributed by atoms with van der Waals surface area (Å²) in [4.78, 5) is 9.09. The number of pyridine rings is 1. The zero-order valence-electron chi connectivity index (χ0n) is 11.6. The Morgan fingerprint density at radius 1 is 1.35 bits per heavy atom. The monoisotopic (exact) mass is 275 g/mol. The number of likely N-dealkylation sites (tertiary alicyclic amines) is 1. The van der Waals surface area contributed by atoms with Crippen molar-refractivity contribution in [3.05, 3.63) is 24.0 Å². The number of hydrogen-bond acceptors (Lipinski definition) is 5. The van der Waals surface area contributed by atoms with Crippen molar-refractivity contribution < 1.29 is 5.21 Å². The van der Waals surface area contributed by atoms with Crippen molar-refractivity contribution in [2.24, 2.45) is 10.9 Å². The third-order valence-electron chi connectivity index (χ3n) is 4.30. The van der Waals surface area contributed by atoms with Crippen LogP contribution in [0.2, 0.25) is 0 Å². The molecule has 108 valence electrons. The summed E-state index contributed by atoms with van der Waals surface area (Å²) in [6, 6.07) is 4.54. The predicted octanol–water partition coefficient (Wildman–Crippen LogP) is 0.851. The topological polar surface area (TPSA) is 78.0 Å². The van der Waals surface area contributed by atoms with E-state index in [0.29, 0.717) is 11.7 Å². The Hall–Kier alpha value is -1.82. The van der Waals surface area contributed by atoms with Crippen molar-refractivity contribution >= 4 is 11.5 Å². The summed E-state index contributed by atoms with van der Waals surface area (Å²) in [5, 5.41) is 11.7. The first kappa shape index (κ1) is 13.2. The SMILES string of the molecule is NC(=NO)c1cc(N2CCC(N3CCCC3)C2)ccn1. The van der Waals surface area contributed by atoms with Gasteiger partial charge in [0.25, 0.3) is 0 Å². The zero-order chi connectivity index (χ0) is 13.9. The van der Waals surface area contributed by atoms with Crippen molar-refractivity contribution in [1.29, 1.82) is 0 Å². The molecular weight excluding hydrogens is 254 g/mol. The van der Waals surface area contributed by atoms with Gasteiger partial charge in [-0.2, -0.15) is 0 Å². The van der Waals surface area contributed by atoms with Gasteiger partial charge in [-0.3, -0.25) is 9.88 Å². The van der Waals surface area contributed by atoms with Crippen LogP contribution in [-0.2, 0) is 0 Å². The first-order chi connectivity index (χ1) is 9.78. The molecule has 0 spiro atoms. The van der Waals surface area contributed by atoms with Gasteiger partial charge in [-0.25, -0.2) is 0 Å². The Balaban J connectivity index is 1.71. The molecule has 1 unspecified atom stereocenters. The summed E-state index contributed by atoms with van der Waals surface area (Å²) in [6.45, 7) is 4.59. The van der Waals surface area contributed by atoms with Gasteiger partial charge in [0.05, 0.1) is 0 Å². The number of amidine groups is 1. The second-order valence-electron chi connectivity index (χ2n) is 5.52. The summed E-state index contributed by atoms with van der Waals surface area (Å²) >= 11 is 0. The maximum Gasteiger partial charge on any atom is 0.188 e. The van der Waals surface area contributed by atoms with Crippen molar-refractivity contribution in [3.63, 3.8) is 0 Å². The third kappa shape index (κ3) is 2.56. The van der Waals surface area contributed by atoms with Crippen LogP contribution in [0.5, 0.6) is 0 Å². The summed E-state index contributed by atoms with van der Waals surface area (Å²) in [5.41, 5.74) is 7.22. The molecule has 2 saturated heterocycles. The third-order valence-corrected chi connectivity index (χ3v) is 4.30. The number of nitrogens with two attached hydrogens (primary N) is 1. The molecule has 6 nitrogen and oxygen atoms in total. The number of anilines is 1.